The van der Waals surface area contributed by atoms with Gasteiger partial charge in [0.05, 0.1) is 11.2 Å². The van der Waals surface area contributed by atoms with Crippen molar-refractivity contribution in [2.24, 2.45) is 0 Å². The number of hydrogen-bond acceptors (Lipinski definition) is 2. The Morgan fingerprint density at radius 1 is 0.400 bits per heavy atom. The van der Waals surface area contributed by atoms with Gasteiger partial charge in [0.2, 0.25) is 0 Å². The molecule has 1 aromatic heterocycles. The summed E-state index contributed by atoms with van der Waals surface area (Å²) in [5, 5.41) is 9.81. The number of nitrogens with zero attached hydrogens (tertiary/aromatic N) is 2. The van der Waals surface area contributed by atoms with E-state index in [0.717, 1.165) is 39.6 Å². The quantitative estimate of drug-likeness (QED) is 0.180. The van der Waals surface area contributed by atoms with Crippen LogP contribution >= 0.6 is 0 Å². The van der Waals surface area contributed by atoms with Gasteiger partial charge < -0.3 is 4.74 Å². The average Bonchev–Trinajstić information content (AvgIpc) is 3.57. The van der Waals surface area contributed by atoms with Crippen LogP contribution in [0.5, 0.6) is 11.5 Å². The third-order valence-electron chi connectivity index (χ3n) is 10.3. The highest BCUT2D eigenvalue weighted by molar-refractivity contribution is 6.22. The lowest BCUT2D eigenvalue weighted by Crippen LogP contribution is -2.05. The number of benzene rings is 9. The number of imidazole rings is 1. The Balaban J connectivity index is 1.26. The molecule has 0 atom stereocenters. The van der Waals surface area contributed by atoms with E-state index in [-0.39, 0.29) is 0 Å². The first-order chi connectivity index (χ1) is 24.8. The zero-order chi connectivity index (χ0) is 32.8. The van der Waals surface area contributed by atoms with Crippen LogP contribution in [0.25, 0.3) is 93.5 Å². The van der Waals surface area contributed by atoms with E-state index in [1.54, 1.807) is 0 Å². The maximum atomic E-state index is 6.36. The molecule has 0 aliphatic carbocycles. The van der Waals surface area contributed by atoms with Crippen molar-refractivity contribution in [2.75, 3.05) is 0 Å². The van der Waals surface area contributed by atoms with Crippen molar-refractivity contribution in [2.45, 2.75) is 0 Å². The molecule has 0 saturated carbocycles. The van der Waals surface area contributed by atoms with E-state index < -0.39 is 0 Å². The smallest absolute Gasteiger partial charge is 0.153 e. The van der Waals surface area contributed by atoms with Gasteiger partial charge in [-0.25, -0.2) is 4.98 Å². The molecule has 1 aliphatic heterocycles. The molecule has 232 valence electrons. The Morgan fingerprint density at radius 3 is 1.68 bits per heavy atom. The van der Waals surface area contributed by atoms with Gasteiger partial charge in [0, 0.05) is 5.56 Å². The second-order valence-electron chi connectivity index (χ2n) is 13.1. The number of ether oxygens (including phenoxy) is 1. The molecule has 0 unspecified atom stereocenters. The summed E-state index contributed by atoms with van der Waals surface area (Å²) in [6, 6.07) is 61.1. The molecule has 2 heterocycles. The van der Waals surface area contributed by atoms with Crippen LogP contribution in [0.3, 0.4) is 0 Å². The minimum Gasteiger partial charge on any atom is -0.453 e. The predicted octanol–water partition coefficient (Wildman–Crippen LogP) is 12.7. The molecule has 0 amide bonds. The highest BCUT2D eigenvalue weighted by atomic mass is 16.5. The first-order valence-corrected chi connectivity index (χ1v) is 17.0. The van der Waals surface area contributed by atoms with E-state index in [1.807, 2.05) is 24.3 Å². The molecule has 3 heteroatoms. The molecule has 0 spiro atoms. The number of rotatable bonds is 3. The third-order valence-corrected chi connectivity index (χ3v) is 10.3. The first kappa shape index (κ1) is 27.3. The third kappa shape index (κ3) is 3.95. The van der Waals surface area contributed by atoms with E-state index in [2.05, 4.69) is 150 Å². The van der Waals surface area contributed by atoms with Crippen LogP contribution in [-0.2, 0) is 0 Å². The summed E-state index contributed by atoms with van der Waals surface area (Å²) in [7, 11) is 0. The fourth-order valence-corrected chi connectivity index (χ4v) is 8.08. The van der Waals surface area contributed by atoms with Gasteiger partial charge >= 0.3 is 0 Å². The molecule has 9 aromatic carbocycles. The number of aromatic nitrogens is 2. The van der Waals surface area contributed by atoms with E-state index in [4.69, 9.17) is 9.72 Å². The maximum Gasteiger partial charge on any atom is 0.153 e. The number of para-hydroxylation sites is 3. The molecular formula is C47H28N2O. The largest absolute Gasteiger partial charge is 0.453 e. The fraction of sp³-hybridized carbons (Fsp3) is 0. The van der Waals surface area contributed by atoms with Crippen LogP contribution in [0.1, 0.15) is 0 Å². The molecule has 3 nitrogen and oxygen atoms in total. The monoisotopic (exact) mass is 636 g/mol. The minimum atomic E-state index is 0.821. The molecule has 0 N–H and O–H groups in total. The lowest BCUT2D eigenvalue weighted by atomic mass is 9.84. The standard InChI is InChI=1S/C47H28N2O/c1-3-12-31-26-33(22-20-29(31)10-1)44-36-14-5-6-15-37(36)45(34-23-21-30-11-2-4-13-32(30)27-34)39-28-35(24-25-38(39)44)47-48-40-16-9-19-43-46(40)49(47)41-17-7-8-18-42(41)50-43/h1-28H. The highest BCUT2D eigenvalue weighted by Crippen LogP contribution is 2.47. The lowest BCUT2D eigenvalue weighted by Gasteiger charge is -2.21. The van der Waals surface area contributed by atoms with Crippen molar-refractivity contribution < 1.29 is 4.74 Å². The van der Waals surface area contributed by atoms with Gasteiger partial charge in [0.25, 0.3) is 0 Å². The summed E-state index contributed by atoms with van der Waals surface area (Å²) in [4.78, 5) is 5.26. The second-order valence-corrected chi connectivity index (χ2v) is 13.1. The molecule has 0 bridgehead atoms. The summed E-state index contributed by atoms with van der Waals surface area (Å²) in [6.45, 7) is 0. The normalized spacial score (nSPS) is 12.2. The van der Waals surface area contributed by atoms with Gasteiger partial charge in [-0.1, -0.05) is 127 Å². The summed E-state index contributed by atoms with van der Waals surface area (Å²) >= 11 is 0. The van der Waals surface area contributed by atoms with Gasteiger partial charge in [0.15, 0.2) is 11.5 Å². The Kier molecular flexibility index (Phi) is 5.67. The molecule has 0 radical (unpaired) electrons. The van der Waals surface area contributed by atoms with E-state index >= 15 is 0 Å². The molecule has 0 fully saturated rings. The Morgan fingerprint density at radius 2 is 0.960 bits per heavy atom. The van der Waals surface area contributed by atoms with Gasteiger partial charge in [-0.2, -0.15) is 0 Å². The molecule has 1 aliphatic rings. The summed E-state index contributed by atoms with van der Waals surface area (Å²) in [6.07, 6.45) is 0. The van der Waals surface area contributed by atoms with Crippen molar-refractivity contribution in [1.82, 2.24) is 9.55 Å². The van der Waals surface area contributed by atoms with Gasteiger partial charge in [-0.05, 0) is 108 Å². The van der Waals surface area contributed by atoms with E-state index in [1.165, 1.54) is 65.3 Å². The Hall–Kier alpha value is -6.71. The summed E-state index contributed by atoms with van der Waals surface area (Å²) < 4.78 is 8.63. The van der Waals surface area contributed by atoms with E-state index in [0.29, 0.717) is 0 Å². The van der Waals surface area contributed by atoms with Crippen LogP contribution in [0, 0.1) is 0 Å². The molecule has 11 rings (SSSR count). The molecular weight excluding hydrogens is 609 g/mol. The fourth-order valence-electron chi connectivity index (χ4n) is 8.08. The zero-order valence-electron chi connectivity index (χ0n) is 27.0. The van der Waals surface area contributed by atoms with Gasteiger partial charge in [0.1, 0.15) is 11.3 Å². The summed E-state index contributed by atoms with van der Waals surface area (Å²) in [5.41, 5.74) is 8.83. The first-order valence-electron chi connectivity index (χ1n) is 17.0. The Bertz CT molecular complexity index is 3020. The van der Waals surface area contributed by atoms with Gasteiger partial charge in [-0.3, -0.25) is 4.57 Å². The maximum absolute atomic E-state index is 6.36. The van der Waals surface area contributed by atoms with Crippen molar-refractivity contribution in [3.63, 3.8) is 0 Å². The zero-order valence-corrected chi connectivity index (χ0v) is 27.0. The van der Waals surface area contributed by atoms with Crippen molar-refractivity contribution in [3.8, 4) is 50.8 Å². The Labute approximate surface area is 288 Å². The second kappa shape index (κ2) is 10.4. The van der Waals surface area contributed by atoms with Crippen LogP contribution in [-0.4, -0.2) is 9.55 Å². The summed E-state index contributed by atoms with van der Waals surface area (Å²) in [5.74, 6) is 2.55. The predicted molar refractivity (Wildman–Crippen MR) is 207 cm³/mol. The van der Waals surface area contributed by atoms with Crippen LogP contribution in [0.15, 0.2) is 170 Å². The number of hydrogen-bond donors (Lipinski definition) is 0. The van der Waals surface area contributed by atoms with Crippen LogP contribution in [0.4, 0.5) is 0 Å². The van der Waals surface area contributed by atoms with Crippen molar-refractivity contribution in [3.05, 3.63) is 170 Å². The van der Waals surface area contributed by atoms with Crippen molar-refractivity contribution in [1.29, 1.82) is 0 Å². The van der Waals surface area contributed by atoms with Crippen molar-refractivity contribution >= 4 is 54.1 Å². The molecule has 10 aromatic rings. The van der Waals surface area contributed by atoms with Crippen LogP contribution in [0.2, 0.25) is 0 Å². The molecule has 0 saturated heterocycles. The van der Waals surface area contributed by atoms with Gasteiger partial charge in [-0.15, -0.1) is 0 Å². The number of fused-ring (bicyclic) bond motifs is 6. The minimum absolute atomic E-state index is 0.821. The highest BCUT2D eigenvalue weighted by Gasteiger charge is 2.26. The average molecular weight is 637 g/mol. The van der Waals surface area contributed by atoms with Crippen LogP contribution < -0.4 is 4.74 Å². The lowest BCUT2D eigenvalue weighted by molar-refractivity contribution is 0.476. The van der Waals surface area contributed by atoms with E-state index in [9.17, 15) is 0 Å². The topological polar surface area (TPSA) is 27.1 Å². The SMILES string of the molecule is c1ccc2c(c1)Oc1cccc3nc(-c4ccc5c(-c6ccc7ccccc7c6)c6ccccc6c(-c6ccc7ccccc7c6)c5c4)n-2c13. The molecule has 50 heavy (non-hydrogen) atoms.